The summed E-state index contributed by atoms with van der Waals surface area (Å²) in [5.74, 6) is 1.28. The van der Waals surface area contributed by atoms with Gasteiger partial charge in [0.2, 0.25) is 0 Å². The summed E-state index contributed by atoms with van der Waals surface area (Å²) in [6, 6.07) is 15.7. The van der Waals surface area contributed by atoms with Gasteiger partial charge < -0.3 is 9.72 Å². The van der Waals surface area contributed by atoms with Crippen LogP contribution in [0.25, 0.3) is 21.3 Å². The number of benzene rings is 2. The van der Waals surface area contributed by atoms with E-state index in [0.717, 1.165) is 21.7 Å². The number of aromatic nitrogens is 2. The quantitative estimate of drug-likeness (QED) is 0.565. The van der Waals surface area contributed by atoms with Crippen LogP contribution in [0.5, 0.6) is 5.75 Å². The highest BCUT2D eigenvalue weighted by Gasteiger charge is 2.13. The van der Waals surface area contributed by atoms with E-state index in [0.29, 0.717) is 11.2 Å². The predicted molar refractivity (Wildman–Crippen MR) is 106 cm³/mol. The number of para-hydroxylation sites is 1. The Morgan fingerprint density at radius 1 is 1.08 bits per heavy atom. The lowest BCUT2D eigenvalue weighted by atomic mass is 10.0. The number of rotatable bonds is 4. The molecule has 0 amide bonds. The summed E-state index contributed by atoms with van der Waals surface area (Å²) in [5.41, 5.74) is 4.29. The fourth-order valence-corrected chi connectivity index (χ4v) is 3.82. The van der Waals surface area contributed by atoms with Crippen LogP contribution in [0, 0.1) is 13.8 Å². The van der Waals surface area contributed by atoms with Crippen LogP contribution in [0.2, 0.25) is 0 Å². The first-order valence-corrected chi connectivity index (χ1v) is 9.25. The van der Waals surface area contributed by atoms with E-state index in [9.17, 15) is 4.79 Å². The number of hydrogen-bond donors (Lipinski definition) is 1. The Kier molecular flexibility index (Phi) is 4.31. The third-order valence-corrected chi connectivity index (χ3v) is 5.30. The fraction of sp³-hybridized carbons (Fsp3) is 0.143. The largest absolute Gasteiger partial charge is 0.486 e. The van der Waals surface area contributed by atoms with E-state index in [-0.39, 0.29) is 12.2 Å². The van der Waals surface area contributed by atoms with Crippen molar-refractivity contribution in [3.63, 3.8) is 0 Å². The van der Waals surface area contributed by atoms with Crippen molar-refractivity contribution in [2.75, 3.05) is 0 Å². The molecule has 0 saturated heterocycles. The van der Waals surface area contributed by atoms with Crippen molar-refractivity contribution in [1.29, 1.82) is 0 Å². The van der Waals surface area contributed by atoms with E-state index in [1.807, 2.05) is 35.7 Å². The summed E-state index contributed by atoms with van der Waals surface area (Å²) in [4.78, 5) is 20.8. The number of nitrogens with zero attached hydrogens (tertiary/aromatic N) is 1. The zero-order valence-corrected chi connectivity index (χ0v) is 15.4. The zero-order chi connectivity index (χ0) is 18.1. The highest BCUT2D eigenvalue weighted by Crippen LogP contribution is 2.31. The molecule has 4 nitrogen and oxygen atoms in total. The van der Waals surface area contributed by atoms with Crippen molar-refractivity contribution in [3.05, 3.63) is 81.2 Å². The topological polar surface area (TPSA) is 55.0 Å². The van der Waals surface area contributed by atoms with E-state index in [4.69, 9.17) is 4.74 Å². The van der Waals surface area contributed by atoms with Crippen molar-refractivity contribution in [3.8, 4) is 16.9 Å². The van der Waals surface area contributed by atoms with Crippen molar-refractivity contribution in [2.24, 2.45) is 0 Å². The van der Waals surface area contributed by atoms with Crippen molar-refractivity contribution in [2.45, 2.75) is 20.5 Å². The van der Waals surface area contributed by atoms with Gasteiger partial charge in [-0.1, -0.05) is 36.4 Å². The normalized spacial score (nSPS) is 11.0. The summed E-state index contributed by atoms with van der Waals surface area (Å²) < 4.78 is 5.69. The van der Waals surface area contributed by atoms with Gasteiger partial charge in [0.15, 0.2) is 0 Å². The smallest absolute Gasteiger partial charge is 0.260 e. The molecule has 0 atom stereocenters. The molecule has 0 aliphatic heterocycles. The Morgan fingerprint density at radius 2 is 1.88 bits per heavy atom. The molecule has 1 N–H and O–H groups in total. The monoisotopic (exact) mass is 362 g/mol. The Balaban J connectivity index is 1.69. The number of aromatic amines is 1. The molecule has 2 heterocycles. The second kappa shape index (κ2) is 6.77. The first-order valence-electron chi connectivity index (χ1n) is 8.37. The number of fused-ring (bicyclic) bond motifs is 1. The maximum Gasteiger partial charge on any atom is 0.260 e. The van der Waals surface area contributed by atoms with Gasteiger partial charge in [0, 0.05) is 10.9 Å². The molecule has 0 spiro atoms. The minimum atomic E-state index is -0.129. The number of aryl methyl sites for hydroxylation is 2. The molecule has 0 radical (unpaired) electrons. The molecule has 0 aliphatic rings. The van der Waals surface area contributed by atoms with Gasteiger partial charge in [-0.25, -0.2) is 4.98 Å². The maximum absolute atomic E-state index is 12.7. The second-order valence-corrected chi connectivity index (χ2v) is 7.10. The Labute approximate surface area is 155 Å². The van der Waals surface area contributed by atoms with Gasteiger partial charge in [-0.15, -0.1) is 11.3 Å². The minimum absolute atomic E-state index is 0.129. The Bertz CT molecular complexity index is 1130. The molecule has 0 saturated carbocycles. The zero-order valence-electron chi connectivity index (χ0n) is 14.6. The summed E-state index contributed by atoms with van der Waals surface area (Å²) >= 11 is 1.48. The van der Waals surface area contributed by atoms with E-state index in [1.54, 1.807) is 0 Å². The summed E-state index contributed by atoms with van der Waals surface area (Å²) in [7, 11) is 0. The van der Waals surface area contributed by atoms with E-state index in [1.165, 1.54) is 22.5 Å². The van der Waals surface area contributed by atoms with Gasteiger partial charge in [-0.3, -0.25) is 4.79 Å². The predicted octanol–water partition coefficient (Wildman–Crippen LogP) is 4.85. The van der Waals surface area contributed by atoms with E-state index in [2.05, 4.69) is 42.0 Å². The van der Waals surface area contributed by atoms with Crippen LogP contribution >= 0.6 is 11.3 Å². The first kappa shape index (κ1) is 16.5. The molecular formula is C21H18N2O2S. The van der Waals surface area contributed by atoms with Gasteiger partial charge in [0.05, 0.1) is 5.39 Å². The summed E-state index contributed by atoms with van der Waals surface area (Å²) in [6.45, 7) is 4.39. The highest BCUT2D eigenvalue weighted by molar-refractivity contribution is 7.17. The third kappa shape index (κ3) is 3.13. The second-order valence-electron chi connectivity index (χ2n) is 6.24. The van der Waals surface area contributed by atoms with Gasteiger partial charge in [0.25, 0.3) is 5.56 Å². The molecule has 0 unspecified atom stereocenters. The lowest BCUT2D eigenvalue weighted by Crippen LogP contribution is -2.13. The molecule has 4 aromatic rings. The molecule has 130 valence electrons. The number of H-pyrrole nitrogens is 1. The van der Waals surface area contributed by atoms with Crippen LogP contribution in [0.15, 0.2) is 58.7 Å². The van der Waals surface area contributed by atoms with Crippen LogP contribution in [-0.4, -0.2) is 9.97 Å². The van der Waals surface area contributed by atoms with Crippen LogP contribution in [-0.2, 0) is 6.61 Å². The van der Waals surface area contributed by atoms with Crippen LogP contribution in [0.3, 0.4) is 0 Å². The van der Waals surface area contributed by atoms with Crippen molar-refractivity contribution < 1.29 is 4.74 Å². The molecule has 2 aromatic carbocycles. The van der Waals surface area contributed by atoms with Crippen molar-refractivity contribution >= 4 is 21.6 Å². The standard InChI is InChI=1S/C21H18N2O2S/c1-13-8-9-15(10-14(13)2)17-12-26-21-19(17)20(24)22-18(23-21)11-25-16-6-4-3-5-7-16/h3-10,12H,11H2,1-2H3,(H,22,23,24). The Morgan fingerprint density at radius 3 is 2.65 bits per heavy atom. The molecule has 26 heavy (non-hydrogen) atoms. The van der Waals surface area contributed by atoms with E-state index < -0.39 is 0 Å². The van der Waals surface area contributed by atoms with Crippen LogP contribution in [0.4, 0.5) is 0 Å². The number of thiophene rings is 1. The Hall–Kier alpha value is -2.92. The number of nitrogens with one attached hydrogen (secondary N) is 1. The van der Waals surface area contributed by atoms with Crippen LogP contribution in [0.1, 0.15) is 17.0 Å². The van der Waals surface area contributed by atoms with Gasteiger partial charge in [0.1, 0.15) is 23.0 Å². The third-order valence-electron chi connectivity index (χ3n) is 4.43. The first-order chi connectivity index (χ1) is 12.6. The van der Waals surface area contributed by atoms with E-state index >= 15 is 0 Å². The molecule has 5 heteroatoms. The van der Waals surface area contributed by atoms with Gasteiger partial charge in [-0.05, 0) is 42.7 Å². The molecular weight excluding hydrogens is 344 g/mol. The minimum Gasteiger partial charge on any atom is -0.486 e. The lowest BCUT2D eigenvalue weighted by Gasteiger charge is -2.06. The lowest BCUT2D eigenvalue weighted by molar-refractivity contribution is 0.296. The molecule has 0 fully saturated rings. The van der Waals surface area contributed by atoms with Gasteiger partial charge >= 0.3 is 0 Å². The molecule has 2 aromatic heterocycles. The average molecular weight is 362 g/mol. The summed E-state index contributed by atoms with van der Waals surface area (Å²) in [6.07, 6.45) is 0. The fourth-order valence-electron chi connectivity index (χ4n) is 2.85. The number of ether oxygens (including phenoxy) is 1. The van der Waals surface area contributed by atoms with Crippen LogP contribution < -0.4 is 10.3 Å². The summed E-state index contributed by atoms with van der Waals surface area (Å²) in [5, 5.41) is 2.64. The van der Waals surface area contributed by atoms with Crippen molar-refractivity contribution in [1.82, 2.24) is 9.97 Å². The van der Waals surface area contributed by atoms with Gasteiger partial charge in [-0.2, -0.15) is 0 Å². The maximum atomic E-state index is 12.7. The number of hydrogen-bond acceptors (Lipinski definition) is 4. The highest BCUT2D eigenvalue weighted by atomic mass is 32.1. The molecule has 0 aliphatic carbocycles. The molecule has 4 rings (SSSR count). The molecule has 0 bridgehead atoms. The average Bonchev–Trinajstić information content (AvgIpc) is 3.08. The SMILES string of the molecule is Cc1ccc(-c2csc3nc(COc4ccccc4)[nH]c(=O)c23)cc1C.